The van der Waals surface area contributed by atoms with Crippen molar-refractivity contribution in [2.75, 3.05) is 5.73 Å². The SMILES string of the molecule is Nc1nc(Sc2ccccc2C(=O)O)ccc1[N+](=O)[O-]. The second-order valence-electron chi connectivity index (χ2n) is 3.71. The Kier molecular flexibility index (Phi) is 3.85. The molecule has 3 N–H and O–H groups in total. The largest absolute Gasteiger partial charge is 0.478 e. The van der Waals surface area contributed by atoms with Crippen molar-refractivity contribution in [1.29, 1.82) is 0 Å². The van der Waals surface area contributed by atoms with Crippen molar-refractivity contribution < 1.29 is 14.8 Å². The fraction of sp³-hybridized carbons (Fsp3) is 0. The van der Waals surface area contributed by atoms with Crippen LogP contribution in [0.5, 0.6) is 0 Å². The van der Waals surface area contributed by atoms with Gasteiger partial charge in [0.25, 0.3) is 0 Å². The van der Waals surface area contributed by atoms with Gasteiger partial charge >= 0.3 is 11.7 Å². The summed E-state index contributed by atoms with van der Waals surface area (Å²) in [7, 11) is 0. The Balaban J connectivity index is 2.34. The van der Waals surface area contributed by atoms with E-state index in [1.807, 2.05) is 0 Å². The Morgan fingerprint density at radius 3 is 2.60 bits per heavy atom. The molecular weight excluding hydrogens is 282 g/mol. The van der Waals surface area contributed by atoms with Crippen LogP contribution in [0.25, 0.3) is 0 Å². The van der Waals surface area contributed by atoms with E-state index in [2.05, 4.69) is 4.98 Å². The van der Waals surface area contributed by atoms with E-state index in [1.165, 1.54) is 18.2 Å². The lowest BCUT2D eigenvalue weighted by atomic mass is 10.2. The quantitative estimate of drug-likeness (QED) is 0.655. The number of rotatable bonds is 4. The van der Waals surface area contributed by atoms with Crippen molar-refractivity contribution in [3.8, 4) is 0 Å². The zero-order valence-corrected chi connectivity index (χ0v) is 10.8. The molecular formula is C12H9N3O4S. The van der Waals surface area contributed by atoms with E-state index in [9.17, 15) is 14.9 Å². The Bertz CT molecular complexity index is 690. The Morgan fingerprint density at radius 1 is 1.30 bits per heavy atom. The molecule has 0 spiro atoms. The molecule has 0 fully saturated rings. The summed E-state index contributed by atoms with van der Waals surface area (Å²) in [4.78, 5) is 25.5. The molecule has 0 radical (unpaired) electrons. The number of carbonyl (C=O) groups is 1. The summed E-state index contributed by atoms with van der Waals surface area (Å²) in [5.74, 6) is -1.25. The van der Waals surface area contributed by atoms with Crippen LogP contribution in [0.2, 0.25) is 0 Å². The van der Waals surface area contributed by atoms with Crippen molar-refractivity contribution in [1.82, 2.24) is 4.98 Å². The number of nitrogens with zero attached hydrogens (tertiary/aromatic N) is 2. The highest BCUT2D eigenvalue weighted by molar-refractivity contribution is 7.99. The van der Waals surface area contributed by atoms with Gasteiger partial charge < -0.3 is 10.8 Å². The van der Waals surface area contributed by atoms with Crippen LogP contribution in [0.3, 0.4) is 0 Å². The second-order valence-corrected chi connectivity index (χ2v) is 4.78. The fourth-order valence-corrected chi connectivity index (χ4v) is 2.42. The van der Waals surface area contributed by atoms with Gasteiger partial charge in [-0.05, 0) is 18.2 Å². The maximum Gasteiger partial charge on any atom is 0.336 e. The molecule has 0 bridgehead atoms. The number of carboxylic acid groups (broad SMARTS) is 1. The van der Waals surface area contributed by atoms with Gasteiger partial charge in [-0.2, -0.15) is 0 Å². The third-order valence-corrected chi connectivity index (χ3v) is 3.42. The minimum atomic E-state index is -1.05. The van der Waals surface area contributed by atoms with Gasteiger partial charge in [0.1, 0.15) is 5.03 Å². The number of hydrogen-bond acceptors (Lipinski definition) is 6. The molecule has 102 valence electrons. The standard InChI is InChI=1S/C12H9N3O4S/c13-11-8(15(18)19)5-6-10(14-11)20-9-4-2-1-3-7(9)12(16)17/h1-6H,(H2,13,14)(H,16,17). The number of nitrogen functional groups attached to an aromatic ring is 1. The average molecular weight is 291 g/mol. The van der Waals surface area contributed by atoms with Crippen LogP contribution >= 0.6 is 11.8 Å². The summed E-state index contributed by atoms with van der Waals surface area (Å²) in [6, 6.07) is 9.09. The van der Waals surface area contributed by atoms with Gasteiger partial charge in [0, 0.05) is 11.0 Å². The molecule has 0 aliphatic heterocycles. The smallest absolute Gasteiger partial charge is 0.336 e. The molecule has 0 unspecified atom stereocenters. The average Bonchev–Trinajstić information content (AvgIpc) is 2.38. The minimum Gasteiger partial charge on any atom is -0.478 e. The predicted octanol–water partition coefficient (Wildman–Crippen LogP) is 2.42. The first kappa shape index (κ1) is 13.8. The Labute approximate surface area is 117 Å². The van der Waals surface area contributed by atoms with E-state index < -0.39 is 10.9 Å². The van der Waals surface area contributed by atoms with Gasteiger partial charge in [0.05, 0.1) is 10.5 Å². The summed E-state index contributed by atoms with van der Waals surface area (Å²) in [5, 5.41) is 20.1. The number of anilines is 1. The third kappa shape index (κ3) is 2.86. The molecule has 2 rings (SSSR count). The van der Waals surface area contributed by atoms with Gasteiger partial charge in [-0.15, -0.1) is 0 Å². The molecule has 0 atom stereocenters. The number of nitro groups is 1. The Morgan fingerprint density at radius 2 is 2.00 bits per heavy atom. The van der Waals surface area contributed by atoms with Crippen LogP contribution in [-0.4, -0.2) is 21.0 Å². The lowest BCUT2D eigenvalue weighted by molar-refractivity contribution is -0.384. The van der Waals surface area contributed by atoms with Crippen LogP contribution in [0, 0.1) is 10.1 Å². The molecule has 1 aromatic carbocycles. The molecule has 20 heavy (non-hydrogen) atoms. The van der Waals surface area contributed by atoms with Crippen molar-refractivity contribution in [3.63, 3.8) is 0 Å². The summed E-state index contributed by atoms with van der Waals surface area (Å²) < 4.78 is 0. The molecule has 7 nitrogen and oxygen atoms in total. The highest BCUT2D eigenvalue weighted by Gasteiger charge is 2.15. The highest BCUT2D eigenvalue weighted by Crippen LogP contribution is 2.31. The van der Waals surface area contributed by atoms with Crippen LogP contribution < -0.4 is 5.73 Å². The van der Waals surface area contributed by atoms with E-state index in [0.717, 1.165) is 11.8 Å². The number of aromatic nitrogens is 1. The van der Waals surface area contributed by atoms with E-state index in [4.69, 9.17) is 10.8 Å². The van der Waals surface area contributed by atoms with E-state index >= 15 is 0 Å². The summed E-state index contributed by atoms with van der Waals surface area (Å²) in [6.07, 6.45) is 0. The summed E-state index contributed by atoms with van der Waals surface area (Å²) >= 11 is 1.08. The van der Waals surface area contributed by atoms with Crippen molar-refractivity contribution in [2.24, 2.45) is 0 Å². The number of pyridine rings is 1. The number of benzene rings is 1. The molecule has 0 saturated carbocycles. The topological polar surface area (TPSA) is 119 Å². The van der Waals surface area contributed by atoms with Gasteiger partial charge in [0.2, 0.25) is 5.82 Å². The number of carboxylic acids is 1. The fourth-order valence-electron chi connectivity index (χ4n) is 1.51. The lowest BCUT2D eigenvalue weighted by Crippen LogP contribution is -2.00. The zero-order chi connectivity index (χ0) is 14.7. The molecule has 0 aliphatic carbocycles. The molecule has 1 aromatic heterocycles. The van der Waals surface area contributed by atoms with E-state index in [1.54, 1.807) is 18.2 Å². The highest BCUT2D eigenvalue weighted by atomic mass is 32.2. The number of hydrogen-bond donors (Lipinski definition) is 2. The van der Waals surface area contributed by atoms with Crippen LogP contribution in [0.4, 0.5) is 11.5 Å². The number of nitrogens with two attached hydrogens (primary N) is 1. The van der Waals surface area contributed by atoms with E-state index in [0.29, 0.717) is 9.92 Å². The summed E-state index contributed by atoms with van der Waals surface area (Å²) in [5.41, 5.74) is 5.35. The normalized spacial score (nSPS) is 10.2. The van der Waals surface area contributed by atoms with Crippen molar-refractivity contribution in [3.05, 3.63) is 52.1 Å². The zero-order valence-electron chi connectivity index (χ0n) is 10.0. The molecule has 1 heterocycles. The van der Waals surface area contributed by atoms with Crippen LogP contribution in [-0.2, 0) is 0 Å². The molecule has 2 aromatic rings. The maximum atomic E-state index is 11.1. The molecule has 0 saturated heterocycles. The first-order valence-electron chi connectivity index (χ1n) is 5.40. The molecule has 0 aliphatic rings. The first-order chi connectivity index (χ1) is 9.49. The van der Waals surface area contributed by atoms with Gasteiger partial charge in [-0.1, -0.05) is 23.9 Å². The lowest BCUT2D eigenvalue weighted by Gasteiger charge is -2.05. The van der Waals surface area contributed by atoms with Crippen LogP contribution in [0.15, 0.2) is 46.3 Å². The molecule has 0 amide bonds. The minimum absolute atomic E-state index is 0.135. The van der Waals surface area contributed by atoms with E-state index in [-0.39, 0.29) is 17.1 Å². The molecule has 8 heteroatoms. The monoisotopic (exact) mass is 291 g/mol. The Hall–Kier alpha value is -2.61. The van der Waals surface area contributed by atoms with Gasteiger partial charge in [-0.3, -0.25) is 10.1 Å². The third-order valence-electron chi connectivity index (χ3n) is 2.41. The van der Waals surface area contributed by atoms with Crippen molar-refractivity contribution >= 4 is 29.2 Å². The maximum absolute atomic E-state index is 11.1. The van der Waals surface area contributed by atoms with Gasteiger partial charge in [0.15, 0.2) is 0 Å². The second kappa shape index (κ2) is 5.57. The van der Waals surface area contributed by atoms with Gasteiger partial charge in [-0.25, -0.2) is 9.78 Å². The summed E-state index contributed by atoms with van der Waals surface area (Å²) in [6.45, 7) is 0. The van der Waals surface area contributed by atoms with Crippen LogP contribution in [0.1, 0.15) is 10.4 Å². The number of aromatic carboxylic acids is 1. The van der Waals surface area contributed by atoms with Crippen molar-refractivity contribution in [2.45, 2.75) is 9.92 Å². The first-order valence-corrected chi connectivity index (χ1v) is 6.22. The predicted molar refractivity (Wildman–Crippen MR) is 72.8 cm³/mol.